The number of nitrogens with one attached hydrogen (secondary N) is 2. The Kier molecular flexibility index (Phi) is 5.16. The van der Waals surface area contributed by atoms with Gasteiger partial charge in [-0.05, 0) is 61.8 Å². The van der Waals surface area contributed by atoms with E-state index in [1.54, 1.807) is 7.11 Å². The predicted octanol–water partition coefficient (Wildman–Crippen LogP) is 3.75. The molecule has 0 unspecified atom stereocenters. The highest BCUT2D eigenvalue weighted by Gasteiger charge is 2.29. The number of hydrogen-bond donors (Lipinski definition) is 2. The average Bonchev–Trinajstić information content (AvgIpc) is 3.12. The van der Waals surface area contributed by atoms with Crippen molar-refractivity contribution in [3.05, 3.63) is 30.0 Å². The van der Waals surface area contributed by atoms with Crippen LogP contribution in [-0.2, 0) is 9.53 Å². The number of rotatable bonds is 4. The van der Waals surface area contributed by atoms with Crippen molar-refractivity contribution in [3.8, 4) is 5.75 Å². The predicted molar refractivity (Wildman–Crippen MR) is 102 cm³/mol. The van der Waals surface area contributed by atoms with Gasteiger partial charge in [0.15, 0.2) is 0 Å². The molecule has 0 bridgehead atoms. The molecule has 5 heteroatoms. The largest absolute Gasteiger partial charge is 0.497 e. The molecule has 26 heavy (non-hydrogen) atoms. The number of methoxy groups -OCH3 is 1. The van der Waals surface area contributed by atoms with Crippen LogP contribution in [0.1, 0.15) is 50.0 Å². The molecule has 0 spiro atoms. The third-order valence-corrected chi connectivity index (χ3v) is 5.97. The van der Waals surface area contributed by atoms with Crippen molar-refractivity contribution < 1.29 is 14.3 Å². The quantitative estimate of drug-likeness (QED) is 0.877. The maximum atomic E-state index is 12.6. The third kappa shape index (κ3) is 3.58. The fraction of sp³-hybridized carbons (Fsp3) is 0.571. The van der Waals surface area contributed by atoms with Crippen LogP contribution in [0.25, 0.3) is 10.9 Å². The SMILES string of the molecule is COc1ccc2[nH]cc([C@@H]3CCC[C@H](NC(=O)C4CCOCC4)C3)c2c1. The molecule has 2 fully saturated rings. The first-order valence-electron chi connectivity index (χ1n) is 9.77. The Morgan fingerprint density at radius 1 is 1.23 bits per heavy atom. The van der Waals surface area contributed by atoms with E-state index in [0.717, 1.165) is 43.4 Å². The molecule has 1 saturated heterocycles. The Bertz CT molecular complexity index is 764. The van der Waals surface area contributed by atoms with Crippen LogP contribution in [0.3, 0.4) is 0 Å². The number of aromatic nitrogens is 1. The molecular formula is C21H28N2O3. The first kappa shape index (κ1) is 17.4. The lowest BCUT2D eigenvalue weighted by Gasteiger charge is -2.31. The number of H-pyrrole nitrogens is 1. The summed E-state index contributed by atoms with van der Waals surface area (Å²) in [5, 5.41) is 4.56. The molecule has 1 aliphatic carbocycles. The average molecular weight is 356 g/mol. The van der Waals surface area contributed by atoms with Crippen molar-refractivity contribution in [2.24, 2.45) is 5.92 Å². The molecule has 4 rings (SSSR count). The molecule has 140 valence electrons. The summed E-state index contributed by atoms with van der Waals surface area (Å²) in [5.74, 6) is 1.71. The smallest absolute Gasteiger partial charge is 0.223 e. The topological polar surface area (TPSA) is 63.3 Å². The van der Waals surface area contributed by atoms with Crippen LogP contribution < -0.4 is 10.1 Å². The fourth-order valence-electron chi connectivity index (χ4n) is 4.47. The Balaban J connectivity index is 1.46. The van der Waals surface area contributed by atoms with Gasteiger partial charge in [-0.15, -0.1) is 0 Å². The molecule has 2 atom stereocenters. The lowest BCUT2D eigenvalue weighted by molar-refractivity contribution is -0.128. The van der Waals surface area contributed by atoms with Crippen LogP contribution in [0.2, 0.25) is 0 Å². The molecule has 1 aromatic carbocycles. The summed E-state index contributed by atoms with van der Waals surface area (Å²) in [6.45, 7) is 1.42. The summed E-state index contributed by atoms with van der Waals surface area (Å²) in [6, 6.07) is 6.45. The zero-order chi connectivity index (χ0) is 17.9. The number of fused-ring (bicyclic) bond motifs is 1. The summed E-state index contributed by atoms with van der Waals surface area (Å²) in [4.78, 5) is 16.0. The van der Waals surface area contributed by atoms with Gasteiger partial charge < -0.3 is 19.8 Å². The van der Waals surface area contributed by atoms with Crippen LogP contribution in [0.4, 0.5) is 0 Å². The number of carbonyl (C=O) groups is 1. The normalized spacial score (nSPS) is 24.5. The van der Waals surface area contributed by atoms with Crippen molar-refractivity contribution in [3.63, 3.8) is 0 Å². The first-order valence-corrected chi connectivity index (χ1v) is 9.77. The van der Waals surface area contributed by atoms with Gasteiger partial charge in [0.2, 0.25) is 5.91 Å². The van der Waals surface area contributed by atoms with Crippen molar-refractivity contribution in [2.75, 3.05) is 20.3 Å². The Morgan fingerprint density at radius 3 is 2.88 bits per heavy atom. The van der Waals surface area contributed by atoms with Gasteiger partial charge in [0.1, 0.15) is 5.75 Å². The summed E-state index contributed by atoms with van der Waals surface area (Å²) in [5.41, 5.74) is 2.50. The summed E-state index contributed by atoms with van der Waals surface area (Å²) < 4.78 is 10.8. The van der Waals surface area contributed by atoms with Gasteiger partial charge in [-0.25, -0.2) is 0 Å². The van der Waals surface area contributed by atoms with Gasteiger partial charge in [-0.2, -0.15) is 0 Å². The zero-order valence-electron chi connectivity index (χ0n) is 15.4. The van der Waals surface area contributed by atoms with Crippen LogP contribution in [0.15, 0.2) is 24.4 Å². The second-order valence-corrected chi connectivity index (χ2v) is 7.61. The Hall–Kier alpha value is -2.01. The number of benzene rings is 1. The highest BCUT2D eigenvalue weighted by molar-refractivity contribution is 5.85. The number of ether oxygens (including phenoxy) is 2. The van der Waals surface area contributed by atoms with Crippen molar-refractivity contribution in [1.29, 1.82) is 0 Å². The van der Waals surface area contributed by atoms with E-state index in [9.17, 15) is 4.79 Å². The Morgan fingerprint density at radius 2 is 2.08 bits per heavy atom. The molecular weight excluding hydrogens is 328 g/mol. The van der Waals surface area contributed by atoms with Gasteiger partial charge >= 0.3 is 0 Å². The van der Waals surface area contributed by atoms with E-state index >= 15 is 0 Å². The molecule has 2 N–H and O–H groups in total. The number of aromatic amines is 1. The molecule has 2 heterocycles. The van der Waals surface area contributed by atoms with Crippen LogP contribution in [-0.4, -0.2) is 37.3 Å². The van der Waals surface area contributed by atoms with Crippen molar-refractivity contribution >= 4 is 16.8 Å². The molecule has 1 amide bonds. The van der Waals surface area contributed by atoms with E-state index in [-0.39, 0.29) is 17.9 Å². The number of amides is 1. The van der Waals surface area contributed by atoms with Crippen molar-refractivity contribution in [1.82, 2.24) is 10.3 Å². The van der Waals surface area contributed by atoms with E-state index in [1.807, 2.05) is 6.07 Å². The first-order chi connectivity index (χ1) is 12.7. The minimum atomic E-state index is 0.126. The summed E-state index contributed by atoms with van der Waals surface area (Å²) in [7, 11) is 1.70. The standard InChI is InChI=1S/C21H28N2O3/c1-25-17-5-6-20-18(12-17)19(13-22-20)15-3-2-4-16(11-15)23-21(24)14-7-9-26-10-8-14/h5-6,12-16,22H,2-4,7-11H2,1H3,(H,23,24)/t15-,16+/m1/s1. The lowest BCUT2D eigenvalue weighted by Crippen LogP contribution is -2.42. The second-order valence-electron chi connectivity index (χ2n) is 7.61. The van der Waals surface area contributed by atoms with E-state index < -0.39 is 0 Å². The van der Waals surface area contributed by atoms with Crippen LogP contribution in [0, 0.1) is 5.92 Å². The molecule has 2 aromatic rings. The highest BCUT2D eigenvalue weighted by atomic mass is 16.5. The zero-order valence-corrected chi connectivity index (χ0v) is 15.4. The monoisotopic (exact) mass is 356 g/mol. The van der Waals surface area contributed by atoms with Gasteiger partial charge in [0, 0.05) is 42.3 Å². The van der Waals surface area contributed by atoms with E-state index in [1.165, 1.54) is 17.4 Å². The minimum absolute atomic E-state index is 0.126. The maximum absolute atomic E-state index is 12.6. The molecule has 2 aliphatic rings. The van der Waals surface area contributed by atoms with Gasteiger partial charge in [0.05, 0.1) is 7.11 Å². The lowest BCUT2D eigenvalue weighted by atomic mass is 9.81. The molecule has 0 radical (unpaired) electrons. The van der Waals surface area contributed by atoms with E-state index in [4.69, 9.17) is 9.47 Å². The molecule has 1 saturated carbocycles. The maximum Gasteiger partial charge on any atom is 0.223 e. The summed E-state index contributed by atoms with van der Waals surface area (Å²) in [6.07, 6.45) is 8.26. The molecule has 5 nitrogen and oxygen atoms in total. The van der Waals surface area contributed by atoms with Gasteiger partial charge in [0.25, 0.3) is 0 Å². The van der Waals surface area contributed by atoms with E-state index in [2.05, 4.69) is 28.6 Å². The Labute approximate surface area is 154 Å². The fourth-order valence-corrected chi connectivity index (χ4v) is 4.47. The van der Waals surface area contributed by atoms with Gasteiger partial charge in [-0.3, -0.25) is 4.79 Å². The summed E-state index contributed by atoms with van der Waals surface area (Å²) >= 11 is 0. The highest BCUT2D eigenvalue weighted by Crippen LogP contribution is 2.37. The van der Waals surface area contributed by atoms with E-state index in [0.29, 0.717) is 19.1 Å². The molecule has 1 aromatic heterocycles. The van der Waals surface area contributed by atoms with Crippen LogP contribution >= 0.6 is 0 Å². The van der Waals surface area contributed by atoms with Crippen LogP contribution in [0.5, 0.6) is 5.75 Å². The third-order valence-electron chi connectivity index (χ3n) is 5.97. The van der Waals surface area contributed by atoms with Gasteiger partial charge in [-0.1, -0.05) is 6.42 Å². The second kappa shape index (κ2) is 7.70. The molecule has 1 aliphatic heterocycles. The number of carbonyl (C=O) groups excluding carboxylic acids is 1. The number of hydrogen-bond acceptors (Lipinski definition) is 3. The van der Waals surface area contributed by atoms with Crippen molar-refractivity contribution in [2.45, 2.75) is 50.5 Å². The minimum Gasteiger partial charge on any atom is -0.497 e.